The van der Waals surface area contributed by atoms with Crippen molar-refractivity contribution < 1.29 is 27.8 Å². The number of aromatic amines is 1. The highest BCUT2D eigenvalue weighted by atomic mass is 19.4. The van der Waals surface area contributed by atoms with Crippen molar-refractivity contribution in [3.8, 4) is 5.75 Å². The first-order chi connectivity index (χ1) is 15.7. The number of H-pyrrole nitrogens is 1. The number of rotatable bonds is 4. The van der Waals surface area contributed by atoms with Crippen molar-refractivity contribution in [2.45, 2.75) is 55.9 Å². The minimum Gasteiger partial charge on any atom is -0.406 e. The van der Waals surface area contributed by atoms with Crippen LogP contribution in [0.5, 0.6) is 5.75 Å². The lowest BCUT2D eigenvalue weighted by Crippen LogP contribution is -2.48. The van der Waals surface area contributed by atoms with Gasteiger partial charge in [-0.25, -0.2) is 4.79 Å². The van der Waals surface area contributed by atoms with Gasteiger partial charge >= 0.3 is 12.4 Å². The number of benzene rings is 1. The molecule has 1 saturated carbocycles. The van der Waals surface area contributed by atoms with Crippen molar-refractivity contribution in [2.75, 3.05) is 26.2 Å². The van der Waals surface area contributed by atoms with Crippen LogP contribution >= 0.6 is 0 Å². The molecule has 33 heavy (non-hydrogen) atoms. The third-order valence-electron chi connectivity index (χ3n) is 6.79. The number of amides is 2. The molecule has 3 atom stereocenters. The summed E-state index contributed by atoms with van der Waals surface area (Å²) in [5.74, 6) is 0.228. The highest BCUT2D eigenvalue weighted by molar-refractivity contribution is 5.75. The third-order valence-corrected chi connectivity index (χ3v) is 6.79. The molecule has 3 heterocycles. The van der Waals surface area contributed by atoms with E-state index in [9.17, 15) is 23.1 Å². The first-order valence-corrected chi connectivity index (χ1v) is 11.4. The number of aliphatic hydroxyl groups excluding tert-OH is 1. The number of nitrogens with zero attached hydrogens (tertiary/aromatic N) is 3. The number of carbonyl (C=O) groups excluding carboxylic acids is 1. The number of halogens is 3. The fourth-order valence-corrected chi connectivity index (χ4v) is 4.93. The molecule has 2 saturated heterocycles. The number of aliphatic hydroxyl groups is 1. The quantitative estimate of drug-likeness (QED) is 0.718. The van der Waals surface area contributed by atoms with Crippen molar-refractivity contribution in [3.05, 3.63) is 47.3 Å². The van der Waals surface area contributed by atoms with E-state index in [0.29, 0.717) is 38.5 Å². The summed E-state index contributed by atoms with van der Waals surface area (Å²) < 4.78 is 41.5. The van der Waals surface area contributed by atoms with E-state index in [2.05, 4.69) is 21.0 Å². The van der Waals surface area contributed by atoms with Gasteiger partial charge < -0.3 is 19.6 Å². The Morgan fingerprint density at radius 3 is 2.39 bits per heavy atom. The maximum Gasteiger partial charge on any atom is 0.573 e. The highest BCUT2D eigenvalue weighted by Gasteiger charge is 2.37. The van der Waals surface area contributed by atoms with Crippen molar-refractivity contribution in [3.63, 3.8) is 0 Å². The summed E-state index contributed by atoms with van der Waals surface area (Å²) in [6.45, 7) is 1.82. The molecule has 2 amide bonds. The molecule has 1 aromatic heterocycles. The summed E-state index contributed by atoms with van der Waals surface area (Å²) in [5.41, 5.74) is 2.89. The predicted molar refractivity (Wildman–Crippen MR) is 113 cm³/mol. The van der Waals surface area contributed by atoms with Crippen LogP contribution < -0.4 is 4.74 Å². The largest absolute Gasteiger partial charge is 0.573 e. The van der Waals surface area contributed by atoms with Gasteiger partial charge in [-0.05, 0) is 49.4 Å². The van der Waals surface area contributed by atoms with E-state index in [1.54, 1.807) is 21.9 Å². The van der Waals surface area contributed by atoms with E-state index < -0.39 is 12.5 Å². The van der Waals surface area contributed by atoms with Crippen LogP contribution in [0.4, 0.5) is 18.0 Å². The summed E-state index contributed by atoms with van der Waals surface area (Å²) in [5, 5.41) is 17.5. The van der Waals surface area contributed by atoms with E-state index in [4.69, 9.17) is 0 Å². The van der Waals surface area contributed by atoms with Crippen LogP contribution in [0.15, 0.2) is 30.3 Å². The Morgan fingerprint density at radius 2 is 1.76 bits per heavy atom. The Morgan fingerprint density at radius 1 is 1.03 bits per heavy atom. The second-order valence-corrected chi connectivity index (χ2v) is 9.34. The van der Waals surface area contributed by atoms with Gasteiger partial charge in [-0.2, -0.15) is 5.10 Å². The third kappa shape index (κ3) is 5.10. The molecule has 2 aromatic rings. The lowest BCUT2D eigenvalue weighted by Gasteiger charge is -2.39. The number of likely N-dealkylation sites (tertiary alicyclic amines) is 2. The first-order valence-electron chi connectivity index (χ1n) is 11.4. The molecule has 2 aliphatic heterocycles. The van der Waals surface area contributed by atoms with Gasteiger partial charge in [0.15, 0.2) is 0 Å². The average molecular weight is 464 g/mol. The summed E-state index contributed by atoms with van der Waals surface area (Å²) in [4.78, 5) is 16.7. The van der Waals surface area contributed by atoms with Crippen LogP contribution in [0, 0.1) is 0 Å². The van der Waals surface area contributed by atoms with E-state index in [1.165, 1.54) is 12.1 Å². The topological polar surface area (TPSA) is 81.7 Å². The molecule has 1 aromatic carbocycles. The van der Waals surface area contributed by atoms with E-state index in [1.807, 2.05) is 0 Å². The molecule has 3 aliphatic rings. The molecular formula is C23H27F3N4O3. The lowest BCUT2D eigenvalue weighted by atomic mass is 9.83. The number of aromatic nitrogens is 2. The van der Waals surface area contributed by atoms with Crippen LogP contribution in [0.1, 0.15) is 60.4 Å². The van der Waals surface area contributed by atoms with Crippen LogP contribution in [0.2, 0.25) is 0 Å². The highest BCUT2D eigenvalue weighted by Crippen LogP contribution is 2.41. The van der Waals surface area contributed by atoms with E-state index >= 15 is 0 Å². The number of alkyl halides is 3. The minimum absolute atomic E-state index is 0.00933. The van der Waals surface area contributed by atoms with Crippen LogP contribution in [-0.4, -0.2) is 69.8 Å². The van der Waals surface area contributed by atoms with Gasteiger partial charge in [-0.1, -0.05) is 12.1 Å². The van der Waals surface area contributed by atoms with Crippen LogP contribution in [-0.2, 0) is 0 Å². The van der Waals surface area contributed by atoms with Gasteiger partial charge in [0.25, 0.3) is 0 Å². The summed E-state index contributed by atoms with van der Waals surface area (Å²) >= 11 is 0. The molecule has 1 aliphatic carbocycles. The molecule has 5 rings (SSSR count). The standard InChI is InChI=1S/C23H27F3N4O3/c24-23(25,26)33-19-5-3-14(4-6-19)16-9-17(21-10-20(27-28-21)15-1-2-15)12-30(11-16)22(32)29-8-7-18(31)13-29/h3-6,10,15-18,31H,1-2,7-9,11-13H2,(H,27,28). The number of urea groups is 1. The Labute approximate surface area is 189 Å². The van der Waals surface area contributed by atoms with Gasteiger partial charge in [0.05, 0.1) is 11.8 Å². The number of β-amino-alcohol motifs (C(OH)–C–C–N with tert-alkyl or cyclic N) is 1. The first kappa shape index (κ1) is 22.1. The van der Waals surface area contributed by atoms with Crippen LogP contribution in [0.25, 0.3) is 0 Å². The molecule has 7 nitrogen and oxygen atoms in total. The number of piperidine rings is 1. The van der Waals surface area contributed by atoms with Crippen molar-refractivity contribution in [1.82, 2.24) is 20.0 Å². The minimum atomic E-state index is -4.74. The molecule has 3 unspecified atom stereocenters. The Bertz CT molecular complexity index is 990. The number of hydrogen-bond acceptors (Lipinski definition) is 4. The maximum atomic E-state index is 13.2. The Hall–Kier alpha value is -2.75. The van der Waals surface area contributed by atoms with Crippen molar-refractivity contribution in [1.29, 1.82) is 0 Å². The maximum absolute atomic E-state index is 13.2. The fraction of sp³-hybridized carbons (Fsp3) is 0.565. The fourth-order valence-electron chi connectivity index (χ4n) is 4.93. The zero-order chi connectivity index (χ0) is 23.2. The number of nitrogens with one attached hydrogen (secondary N) is 1. The second kappa shape index (κ2) is 8.55. The smallest absolute Gasteiger partial charge is 0.406 e. The molecule has 10 heteroatoms. The molecule has 0 bridgehead atoms. The Balaban J connectivity index is 1.36. The van der Waals surface area contributed by atoms with Gasteiger partial charge in [0, 0.05) is 49.6 Å². The van der Waals surface area contributed by atoms with Gasteiger partial charge in [0.1, 0.15) is 5.75 Å². The summed E-state index contributed by atoms with van der Waals surface area (Å²) in [7, 11) is 0. The average Bonchev–Trinajstić information content (AvgIpc) is 3.34. The molecule has 2 N–H and O–H groups in total. The van der Waals surface area contributed by atoms with Crippen LogP contribution in [0.3, 0.4) is 0 Å². The normalized spacial score (nSPS) is 26.0. The molecule has 0 radical (unpaired) electrons. The monoisotopic (exact) mass is 464 g/mol. The zero-order valence-corrected chi connectivity index (χ0v) is 18.1. The van der Waals surface area contributed by atoms with E-state index in [-0.39, 0.29) is 23.6 Å². The SMILES string of the molecule is O=C(N1CCC(O)C1)N1CC(c2ccc(OC(F)(F)F)cc2)CC(c2cc(C3CC3)[nH]n2)C1. The number of ether oxygens (including phenoxy) is 1. The number of carbonyl (C=O) groups is 1. The molecular weight excluding hydrogens is 437 g/mol. The number of hydrogen-bond donors (Lipinski definition) is 2. The van der Waals surface area contributed by atoms with Crippen molar-refractivity contribution >= 4 is 6.03 Å². The predicted octanol–water partition coefficient (Wildman–Crippen LogP) is 3.95. The summed E-state index contributed by atoms with van der Waals surface area (Å²) in [6, 6.07) is 7.88. The van der Waals surface area contributed by atoms with E-state index in [0.717, 1.165) is 36.2 Å². The van der Waals surface area contributed by atoms with Gasteiger partial charge in [0.2, 0.25) is 0 Å². The Kier molecular flexibility index (Phi) is 5.72. The van der Waals surface area contributed by atoms with Gasteiger partial charge in [-0.15, -0.1) is 13.2 Å². The van der Waals surface area contributed by atoms with Crippen molar-refractivity contribution in [2.24, 2.45) is 0 Å². The molecule has 178 valence electrons. The second-order valence-electron chi connectivity index (χ2n) is 9.34. The molecule has 0 spiro atoms. The zero-order valence-electron chi connectivity index (χ0n) is 18.1. The summed E-state index contributed by atoms with van der Waals surface area (Å²) in [6.07, 6.45) is -1.62. The lowest BCUT2D eigenvalue weighted by molar-refractivity contribution is -0.274. The molecule has 3 fully saturated rings. The van der Waals surface area contributed by atoms with Gasteiger partial charge in [-0.3, -0.25) is 5.10 Å².